The van der Waals surface area contributed by atoms with Gasteiger partial charge in [0.15, 0.2) is 0 Å². The van der Waals surface area contributed by atoms with E-state index >= 15 is 0 Å². The lowest BCUT2D eigenvalue weighted by Gasteiger charge is -2.06. The minimum Gasteiger partial charge on any atom is -0.479 e. The van der Waals surface area contributed by atoms with E-state index in [0.29, 0.717) is 10.6 Å². The largest absolute Gasteiger partial charge is 0.479 e. The molecular weight excluding hydrogens is 232 g/mol. The first-order chi connectivity index (χ1) is 7.09. The predicted molar refractivity (Wildman–Crippen MR) is 64.0 cm³/mol. The van der Waals surface area contributed by atoms with Gasteiger partial charge in [-0.3, -0.25) is 0 Å². The summed E-state index contributed by atoms with van der Waals surface area (Å²) in [5.41, 5.74) is -0.464. The molecule has 0 saturated heterocycles. The zero-order valence-electron chi connectivity index (χ0n) is 7.79. The first-order valence-corrected chi connectivity index (χ1v) is 5.52. The van der Waals surface area contributed by atoms with Gasteiger partial charge in [-0.25, -0.2) is 4.79 Å². The molecule has 0 aromatic heterocycles. The monoisotopic (exact) mass is 242 g/mol. The number of aliphatic carboxylic acids is 1. The summed E-state index contributed by atoms with van der Waals surface area (Å²) in [7, 11) is 0. The second-order valence-electron chi connectivity index (χ2n) is 2.84. The molecule has 0 heterocycles. The Morgan fingerprint density at radius 3 is 2.53 bits per heavy atom. The van der Waals surface area contributed by atoms with Gasteiger partial charge in [0.05, 0.1) is 4.20 Å². The van der Waals surface area contributed by atoms with Crippen molar-refractivity contribution in [3.63, 3.8) is 0 Å². The maximum Gasteiger partial charge on any atom is 0.343 e. The van der Waals surface area contributed by atoms with Crippen molar-refractivity contribution in [1.29, 1.82) is 0 Å². The molecule has 1 unspecified atom stereocenters. The highest BCUT2D eigenvalue weighted by Gasteiger charge is 2.16. The number of aliphatic hydroxyl groups is 1. The minimum absolute atomic E-state index is 0.469. The summed E-state index contributed by atoms with van der Waals surface area (Å²) in [6.07, 6.45) is 0.491. The van der Waals surface area contributed by atoms with Crippen LogP contribution in [0.3, 0.4) is 0 Å². The number of thiocarbonyl (C=S) groups is 1. The summed E-state index contributed by atoms with van der Waals surface area (Å²) in [5.74, 6) is -1.27. The number of aliphatic hydroxyl groups excluding tert-OH is 1. The number of carboxylic acids is 1. The van der Waals surface area contributed by atoms with Gasteiger partial charge in [0, 0.05) is 6.42 Å². The molecule has 0 aliphatic heterocycles. The summed E-state index contributed by atoms with van der Waals surface area (Å²) in [6.45, 7) is 0. The Morgan fingerprint density at radius 1 is 1.40 bits per heavy atom. The first-order valence-electron chi connectivity index (χ1n) is 4.24. The van der Waals surface area contributed by atoms with Crippen LogP contribution in [-0.2, 0) is 11.2 Å². The molecule has 5 heteroatoms. The molecule has 1 aromatic carbocycles. The molecule has 0 aliphatic carbocycles. The van der Waals surface area contributed by atoms with Crippen molar-refractivity contribution in [2.75, 3.05) is 0 Å². The van der Waals surface area contributed by atoms with E-state index in [1.54, 1.807) is 0 Å². The summed E-state index contributed by atoms with van der Waals surface area (Å²) in [4.78, 5) is 10.4. The number of carbonyl (C=O) groups is 1. The molecule has 0 amide bonds. The van der Waals surface area contributed by atoms with Gasteiger partial charge in [0.1, 0.15) is 0 Å². The topological polar surface area (TPSA) is 57.5 Å². The van der Waals surface area contributed by atoms with Crippen molar-refractivity contribution < 1.29 is 15.0 Å². The zero-order chi connectivity index (χ0) is 11.3. The summed E-state index contributed by atoms with van der Waals surface area (Å²) in [6, 6.07) is 9.47. The van der Waals surface area contributed by atoms with Gasteiger partial charge in [0.2, 0.25) is 5.44 Å². The van der Waals surface area contributed by atoms with Crippen molar-refractivity contribution in [3.8, 4) is 0 Å². The quantitative estimate of drug-likeness (QED) is 0.621. The smallest absolute Gasteiger partial charge is 0.343 e. The average molecular weight is 242 g/mol. The molecule has 0 radical (unpaired) electrons. The van der Waals surface area contributed by atoms with E-state index in [9.17, 15) is 4.79 Å². The van der Waals surface area contributed by atoms with Crippen LogP contribution >= 0.6 is 24.0 Å². The molecule has 0 spiro atoms. The van der Waals surface area contributed by atoms with E-state index in [1.165, 1.54) is 0 Å². The molecule has 0 saturated carbocycles. The SMILES string of the molecule is O=C(O)C(O)SC(=S)Cc1ccccc1. The Morgan fingerprint density at radius 2 is 2.00 bits per heavy atom. The summed E-state index contributed by atoms with van der Waals surface area (Å²) >= 11 is 5.76. The zero-order valence-corrected chi connectivity index (χ0v) is 9.42. The Kier molecular flexibility index (Phi) is 4.74. The molecule has 0 aliphatic rings. The average Bonchev–Trinajstić information content (AvgIpc) is 2.18. The van der Waals surface area contributed by atoms with Crippen LogP contribution in [0.4, 0.5) is 0 Å². The Labute approximate surface area is 97.1 Å². The van der Waals surface area contributed by atoms with Gasteiger partial charge in [-0.1, -0.05) is 54.3 Å². The molecule has 1 atom stereocenters. The second kappa shape index (κ2) is 5.85. The number of rotatable bonds is 4. The molecule has 0 fully saturated rings. The first kappa shape index (κ1) is 12.2. The van der Waals surface area contributed by atoms with Crippen molar-refractivity contribution in [3.05, 3.63) is 35.9 Å². The van der Waals surface area contributed by atoms with Crippen LogP contribution in [-0.4, -0.2) is 25.8 Å². The molecule has 3 nitrogen and oxygen atoms in total. The Balaban J connectivity index is 2.47. The van der Waals surface area contributed by atoms with Crippen molar-refractivity contribution >= 4 is 34.1 Å². The maximum absolute atomic E-state index is 10.4. The highest BCUT2D eigenvalue weighted by atomic mass is 32.2. The predicted octanol–water partition coefficient (Wildman–Crippen LogP) is 1.69. The maximum atomic E-state index is 10.4. The van der Waals surface area contributed by atoms with E-state index < -0.39 is 11.4 Å². The number of thioether (sulfide) groups is 1. The fourth-order valence-electron chi connectivity index (χ4n) is 0.979. The molecule has 1 rings (SSSR count). The van der Waals surface area contributed by atoms with Crippen LogP contribution in [0.5, 0.6) is 0 Å². The summed E-state index contributed by atoms with van der Waals surface area (Å²) < 4.78 is 0.469. The summed E-state index contributed by atoms with van der Waals surface area (Å²) in [5, 5.41) is 17.5. The molecule has 2 N–H and O–H groups in total. The van der Waals surface area contributed by atoms with E-state index in [0.717, 1.165) is 17.3 Å². The third kappa shape index (κ3) is 4.42. The van der Waals surface area contributed by atoms with Gasteiger partial charge in [-0.2, -0.15) is 0 Å². The van der Waals surface area contributed by atoms with Crippen LogP contribution < -0.4 is 0 Å². The molecular formula is C10H10O3S2. The number of hydrogen-bond acceptors (Lipinski definition) is 4. The third-order valence-corrected chi connectivity index (χ3v) is 2.91. The molecule has 1 aromatic rings. The van der Waals surface area contributed by atoms with Gasteiger partial charge in [-0.05, 0) is 5.56 Å². The fourth-order valence-corrected chi connectivity index (χ4v) is 2.02. The van der Waals surface area contributed by atoms with E-state index in [1.807, 2.05) is 30.3 Å². The second-order valence-corrected chi connectivity index (χ2v) is 4.77. The third-order valence-electron chi connectivity index (χ3n) is 1.65. The van der Waals surface area contributed by atoms with Crippen LogP contribution in [0, 0.1) is 0 Å². The minimum atomic E-state index is -1.47. The number of benzene rings is 1. The van der Waals surface area contributed by atoms with E-state index in [4.69, 9.17) is 22.4 Å². The molecule has 80 valence electrons. The molecule has 0 bridgehead atoms. The normalized spacial score (nSPS) is 12.1. The van der Waals surface area contributed by atoms with Crippen molar-refractivity contribution in [2.24, 2.45) is 0 Å². The van der Waals surface area contributed by atoms with E-state index in [-0.39, 0.29) is 0 Å². The van der Waals surface area contributed by atoms with Crippen LogP contribution in [0.1, 0.15) is 5.56 Å². The van der Waals surface area contributed by atoms with Gasteiger partial charge in [-0.15, -0.1) is 0 Å². The highest BCUT2D eigenvalue weighted by molar-refractivity contribution is 8.23. The lowest BCUT2D eigenvalue weighted by molar-refractivity contribution is -0.141. The van der Waals surface area contributed by atoms with Crippen molar-refractivity contribution in [1.82, 2.24) is 0 Å². The van der Waals surface area contributed by atoms with Gasteiger partial charge < -0.3 is 10.2 Å². The van der Waals surface area contributed by atoms with E-state index in [2.05, 4.69) is 0 Å². The molecule has 15 heavy (non-hydrogen) atoms. The highest BCUT2D eigenvalue weighted by Crippen LogP contribution is 2.15. The lowest BCUT2D eigenvalue weighted by atomic mass is 10.2. The Hall–Kier alpha value is -0.910. The van der Waals surface area contributed by atoms with Gasteiger partial charge >= 0.3 is 5.97 Å². The van der Waals surface area contributed by atoms with Crippen LogP contribution in [0.2, 0.25) is 0 Å². The van der Waals surface area contributed by atoms with Gasteiger partial charge in [0.25, 0.3) is 0 Å². The fraction of sp³-hybridized carbons (Fsp3) is 0.200. The lowest BCUT2D eigenvalue weighted by Crippen LogP contribution is -2.17. The standard InChI is InChI=1S/C10H10O3S2/c11-9(12)10(13)15-8(14)6-7-4-2-1-3-5-7/h1-5,10,13H,6H2,(H,11,12). The van der Waals surface area contributed by atoms with Crippen molar-refractivity contribution in [2.45, 2.75) is 11.9 Å². The number of hydrogen-bond donors (Lipinski definition) is 2. The van der Waals surface area contributed by atoms with Crippen LogP contribution in [0.25, 0.3) is 0 Å². The van der Waals surface area contributed by atoms with Crippen LogP contribution in [0.15, 0.2) is 30.3 Å². The Bertz CT molecular complexity index is 351. The number of carboxylic acid groups (broad SMARTS) is 1.